The molecule has 0 amide bonds. The lowest BCUT2D eigenvalue weighted by Gasteiger charge is -1.95. The van der Waals surface area contributed by atoms with Crippen molar-refractivity contribution in [3.63, 3.8) is 0 Å². The van der Waals surface area contributed by atoms with Gasteiger partial charge in [0.2, 0.25) is 5.88 Å². The van der Waals surface area contributed by atoms with Crippen LogP contribution in [0.3, 0.4) is 0 Å². The minimum Gasteiger partial charge on any atom is -0.493 e. The van der Waals surface area contributed by atoms with E-state index in [-0.39, 0.29) is 17.2 Å². The van der Waals surface area contributed by atoms with E-state index in [2.05, 4.69) is 15.0 Å². The van der Waals surface area contributed by atoms with E-state index >= 15 is 0 Å². The van der Waals surface area contributed by atoms with Gasteiger partial charge in [0.15, 0.2) is 11.3 Å². The molecule has 2 heterocycles. The summed E-state index contributed by atoms with van der Waals surface area (Å²) in [5, 5.41) is 17.6. The van der Waals surface area contributed by atoms with Crippen LogP contribution < -0.4 is 0 Å². The summed E-state index contributed by atoms with van der Waals surface area (Å²) in [5.74, 6) is -0.128. The summed E-state index contributed by atoms with van der Waals surface area (Å²) in [6, 6.07) is 4.85. The number of rotatable bonds is 0. The van der Waals surface area contributed by atoms with Gasteiger partial charge in [-0.1, -0.05) is 0 Å². The molecule has 2 rings (SSSR count). The van der Waals surface area contributed by atoms with Crippen molar-refractivity contribution in [2.45, 2.75) is 0 Å². The fourth-order valence-corrected chi connectivity index (χ4v) is 0.942. The maximum atomic E-state index is 9.03. The van der Waals surface area contributed by atoms with Crippen molar-refractivity contribution >= 4 is 11.2 Å². The summed E-state index contributed by atoms with van der Waals surface area (Å²) in [6.07, 6.45) is 1.36. The Bertz CT molecular complexity index is 503. The molecule has 0 aliphatic heterocycles. The fourth-order valence-electron chi connectivity index (χ4n) is 0.942. The Morgan fingerprint density at radius 2 is 2.15 bits per heavy atom. The number of aromatic nitrogens is 3. The summed E-state index contributed by atoms with van der Waals surface area (Å²) in [6.45, 7) is 0. The molecule has 0 saturated carbocycles. The third-order valence-corrected chi connectivity index (χ3v) is 1.51. The van der Waals surface area contributed by atoms with Crippen LogP contribution in [-0.2, 0) is 0 Å². The minimum absolute atomic E-state index is 0.128. The van der Waals surface area contributed by atoms with Crippen LogP contribution in [0.2, 0.25) is 0 Å². The standard InChI is InChI=1S/C8H4N4O/c9-3-5-4-10-6-1-2-7(13)12-8(6)11-5/h1-2,4H,(H,11,12,13). The van der Waals surface area contributed by atoms with Crippen molar-refractivity contribution in [2.24, 2.45) is 0 Å². The van der Waals surface area contributed by atoms with Crippen molar-refractivity contribution in [3.05, 3.63) is 24.0 Å². The first kappa shape index (κ1) is 7.43. The Hall–Kier alpha value is -2.22. The van der Waals surface area contributed by atoms with Crippen LogP contribution >= 0.6 is 0 Å². The van der Waals surface area contributed by atoms with E-state index in [1.54, 1.807) is 6.07 Å². The van der Waals surface area contributed by atoms with Gasteiger partial charge < -0.3 is 5.11 Å². The van der Waals surface area contributed by atoms with Gasteiger partial charge in [0.05, 0.1) is 6.20 Å². The molecule has 2 aromatic heterocycles. The van der Waals surface area contributed by atoms with E-state index in [9.17, 15) is 0 Å². The molecular weight excluding hydrogens is 168 g/mol. The average molecular weight is 172 g/mol. The van der Waals surface area contributed by atoms with E-state index < -0.39 is 0 Å². The first-order valence-corrected chi connectivity index (χ1v) is 3.52. The zero-order valence-corrected chi connectivity index (χ0v) is 6.47. The van der Waals surface area contributed by atoms with Crippen LogP contribution in [0, 0.1) is 11.3 Å². The van der Waals surface area contributed by atoms with Crippen LogP contribution in [0.4, 0.5) is 0 Å². The molecule has 5 nitrogen and oxygen atoms in total. The quantitative estimate of drug-likeness (QED) is 0.629. The van der Waals surface area contributed by atoms with Crippen LogP contribution in [0.1, 0.15) is 5.69 Å². The number of hydrogen-bond acceptors (Lipinski definition) is 5. The highest BCUT2D eigenvalue weighted by atomic mass is 16.3. The number of fused-ring (bicyclic) bond motifs is 1. The van der Waals surface area contributed by atoms with Gasteiger partial charge in [-0.05, 0) is 6.07 Å². The molecule has 2 aromatic rings. The van der Waals surface area contributed by atoms with Gasteiger partial charge in [0.1, 0.15) is 11.6 Å². The van der Waals surface area contributed by atoms with Gasteiger partial charge in [-0.15, -0.1) is 0 Å². The molecule has 0 unspecified atom stereocenters. The van der Waals surface area contributed by atoms with Gasteiger partial charge in [-0.2, -0.15) is 10.2 Å². The summed E-state index contributed by atoms with van der Waals surface area (Å²) in [4.78, 5) is 11.5. The predicted octanol–water partition coefficient (Wildman–Crippen LogP) is 0.602. The smallest absolute Gasteiger partial charge is 0.212 e. The van der Waals surface area contributed by atoms with E-state index in [0.29, 0.717) is 5.52 Å². The molecule has 62 valence electrons. The molecule has 1 N–H and O–H groups in total. The number of hydrogen-bond donors (Lipinski definition) is 1. The van der Waals surface area contributed by atoms with E-state index in [1.807, 2.05) is 6.07 Å². The van der Waals surface area contributed by atoms with Crippen LogP contribution in [0.15, 0.2) is 18.3 Å². The molecule has 0 saturated heterocycles. The average Bonchev–Trinajstić information content (AvgIpc) is 2.16. The maximum Gasteiger partial charge on any atom is 0.212 e. The topological polar surface area (TPSA) is 82.7 Å². The Kier molecular flexibility index (Phi) is 1.53. The predicted molar refractivity (Wildman–Crippen MR) is 43.7 cm³/mol. The minimum atomic E-state index is -0.128. The fraction of sp³-hybridized carbons (Fsp3) is 0. The van der Waals surface area contributed by atoms with Gasteiger partial charge >= 0.3 is 0 Å². The molecule has 0 aromatic carbocycles. The lowest BCUT2D eigenvalue weighted by molar-refractivity contribution is 0.455. The van der Waals surface area contributed by atoms with Crippen molar-refractivity contribution < 1.29 is 5.11 Å². The monoisotopic (exact) mass is 172 g/mol. The highest BCUT2D eigenvalue weighted by Crippen LogP contribution is 2.10. The van der Waals surface area contributed by atoms with Crippen LogP contribution in [0.25, 0.3) is 11.2 Å². The van der Waals surface area contributed by atoms with Crippen molar-refractivity contribution in [1.82, 2.24) is 15.0 Å². The number of aromatic hydroxyl groups is 1. The molecule has 13 heavy (non-hydrogen) atoms. The van der Waals surface area contributed by atoms with Gasteiger partial charge in [-0.25, -0.2) is 9.97 Å². The van der Waals surface area contributed by atoms with E-state index in [0.717, 1.165) is 0 Å². The molecule has 0 radical (unpaired) electrons. The Balaban J connectivity index is 2.77. The Labute approximate surface area is 73.3 Å². The number of nitriles is 1. The lowest BCUT2D eigenvalue weighted by atomic mass is 10.4. The highest BCUT2D eigenvalue weighted by molar-refractivity contribution is 5.70. The van der Waals surface area contributed by atoms with Crippen molar-refractivity contribution in [3.8, 4) is 11.9 Å². The molecule has 0 aliphatic carbocycles. The van der Waals surface area contributed by atoms with Crippen molar-refractivity contribution in [2.75, 3.05) is 0 Å². The maximum absolute atomic E-state index is 9.03. The molecular formula is C8H4N4O. The van der Waals surface area contributed by atoms with E-state index in [1.165, 1.54) is 12.3 Å². The largest absolute Gasteiger partial charge is 0.493 e. The zero-order valence-electron chi connectivity index (χ0n) is 6.47. The lowest BCUT2D eigenvalue weighted by Crippen LogP contribution is -1.90. The molecule has 0 bridgehead atoms. The molecule has 0 fully saturated rings. The third kappa shape index (κ3) is 1.25. The number of pyridine rings is 1. The summed E-state index contributed by atoms with van der Waals surface area (Å²) >= 11 is 0. The highest BCUT2D eigenvalue weighted by Gasteiger charge is 2.00. The van der Waals surface area contributed by atoms with Gasteiger partial charge in [-0.3, -0.25) is 0 Å². The molecule has 0 spiro atoms. The first-order valence-electron chi connectivity index (χ1n) is 3.52. The van der Waals surface area contributed by atoms with Crippen molar-refractivity contribution in [1.29, 1.82) is 5.26 Å². The molecule has 5 heteroatoms. The summed E-state index contributed by atoms with van der Waals surface area (Å²) < 4.78 is 0. The normalized spacial score (nSPS) is 9.77. The van der Waals surface area contributed by atoms with Gasteiger partial charge in [0.25, 0.3) is 0 Å². The zero-order chi connectivity index (χ0) is 9.26. The number of nitrogens with zero attached hydrogens (tertiary/aromatic N) is 4. The molecule has 0 aliphatic rings. The Morgan fingerprint density at radius 1 is 1.31 bits per heavy atom. The summed E-state index contributed by atoms with van der Waals surface area (Å²) in [5.41, 5.74) is 1.02. The van der Waals surface area contributed by atoms with Gasteiger partial charge in [0, 0.05) is 6.07 Å². The van der Waals surface area contributed by atoms with E-state index in [4.69, 9.17) is 10.4 Å². The Morgan fingerprint density at radius 3 is 2.92 bits per heavy atom. The van der Waals surface area contributed by atoms with Crippen LogP contribution in [-0.4, -0.2) is 20.1 Å². The SMILES string of the molecule is N#Cc1cnc2ccc(O)nc2n1. The first-order chi connectivity index (χ1) is 6.29. The summed E-state index contributed by atoms with van der Waals surface area (Å²) in [7, 11) is 0. The third-order valence-electron chi connectivity index (χ3n) is 1.51. The van der Waals surface area contributed by atoms with Crippen LogP contribution in [0.5, 0.6) is 5.88 Å². The second kappa shape index (κ2) is 2.68. The second-order valence-electron chi connectivity index (χ2n) is 2.38. The molecule has 0 atom stereocenters. The second-order valence-corrected chi connectivity index (χ2v) is 2.38.